The highest BCUT2D eigenvalue weighted by molar-refractivity contribution is 6.09. The lowest BCUT2D eigenvalue weighted by molar-refractivity contribution is -0.137. The van der Waals surface area contributed by atoms with Gasteiger partial charge in [-0.25, -0.2) is 9.07 Å². The number of anilines is 1. The molecule has 1 N–H and O–H groups in total. The van der Waals surface area contributed by atoms with E-state index in [1.165, 1.54) is 40.8 Å². The van der Waals surface area contributed by atoms with Crippen LogP contribution in [0.2, 0.25) is 0 Å². The van der Waals surface area contributed by atoms with Crippen molar-refractivity contribution in [1.29, 1.82) is 5.26 Å². The fourth-order valence-electron chi connectivity index (χ4n) is 3.96. The normalized spacial score (nSPS) is 11.5. The number of nitrogens with one attached hydrogen (secondary N) is 1. The molecular formula is C26H16F4N6O. The fourth-order valence-corrected chi connectivity index (χ4v) is 3.96. The molecule has 0 atom stereocenters. The maximum atomic E-state index is 15.0. The van der Waals surface area contributed by atoms with Gasteiger partial charge in [-0.15, -0.1) is 0 Å². The van der Waals surface area contributed by atoms with Crippen LogP contribution in [-0.2, 0) is 13.2 Å². The van der Waals surface area contributed by atoms with E-state index in [4.69, 9.17) is 0 Å². The number of benzene rings is 3. The summed E-state index contributed by atoms with van der Waals surface area (Å²) in [5.74, 6) is -2.16. The Morgan fingerprint density at radius 2 is 1.78 bits per heavy atom. The molecule has 37 heavy (non-hydrogen) atoms. The van der Waals surface area contributed by atoms with Gasteiger partial charge in [-0.3, -0.25) is 9.48 Å². The molecular weight excluding hydrogens is 488 g/mol. The van der Waals surface area contributed by atoms with Gasteiger partial charge >= 0.3 is 6.18 Å². The predicted molar refractivity (Wildman–Crippen MR) is 127 cm³/mol. The number of nitrogens with zero attached hydrogens (tertiary/aromatic N) is 5. The Kier molecular flexibility index (Phi) is 5.72. The first-order valence-electron chi connectivity index (χ1n) is 10.9. The van der Waals surface area contributed by atoms with Crippen molar-refractivity contribution in [1.82, 2.24) is 19.6 Å². The number of nitriles is 1. The van der Waals surface area contributed by atoms with Crippen LogP contribution < -0.4 is 5.32 Å². The van der Waals surface area contributed by atoms with Crippen LogP contribution in [0.15, 0.2) is 72.9 Å². The molecule has 3 aromatic carbocycles. The molecule has 0 bridgehead atoms. The molecule has 0 aliphatic heterocycles. The monoisotopic (exact) mass is 504 g/mol. The van der Waals surface area contributed by atoms with E-state index in [1.54, 1.807) is 36.4 Å². The number of aryl methyl sites for hydroxylation is 1. The number of rotatable bonds is 4. The van der Waals surface area contributed by atoms with E-state index in [1.807, 2.05) is 6.07 Å². The maximum absolute atomic E-state index is 15.0. The van der Waals surface area contributed by atoms with Gasteiger partial charge in [0.15, 0.2) is 0 Å². The lowest BCUT2D eigenvalue weighted by Gasteiger charge is -2.15. The van der Waals surface area contributed by atoms with Gasteiger partial charge in [0.25, 0.3) is 5.91 Å². The van der Waals surface area contributed by atoms with Gasteiger partial charge in [0, 0.05) is 24.2 Å². The third kappa shape index (κ3) is 4.40. The van der Waals surface area contributed by atoms with Crippen LogP contribution in [-0.4, -0.2) is 25.5 Å². The molecule has 0 aliphatic carbocycles. The number of aromatic nitrogens is 4. The van der Waals surface area contributed by atoms with Gasteiger partial charge in [-0.2, -0.15) is 28.6 Å². The number of para-hydroxylation sites is 1. The summed E-state index contributed by atoms with van der Waals surface area (Å²) in [4.78, 5) is 13.3. The molecule has 0 saturated heterocycles. The molecule has 0 spiro atoms. The van der Waals surface area contributed by atoms with Crippen molar-refractivity contribution in [2.45, 2.75) is 6.18 Å². The summed E-state index contributed by atoms with van der Waals surface area (Å²) in [5, 5.41) is 20.8. The molecule has 0 aliphatic rings. The molecule has 2 heterocycles. The zero-order valence-electron chi connectivity index (χ0n) is 19.1. The number of hydrogen-bond donors (Lipinski definition) is 1. The van der Waals surface area contributed by atoms with Crippen molar-refractivity contribution in [2.75, 3.05) is 5.32 Å². The molecule has 184 valence electrons. The Balaban J connectivity index is 1.64. The summed E-state index contributed by atoms with van der Waals surface area (Å²) in [6.07, 6.45) is -3.43. The second-order valence-corrected chi connectivity index (χ2v) is 8.14. The van der Waals surface area contributed by atoms with Crippen molar-refractivity contribution in [3.8, 4) is 23.0 Å². The zero-order chi connectivity index (χ0) is 26.3. The highest BCUT2D eigenvalue weighted by Gasteiger charge is 2.36. The van der Waals surface area contributed by atoms with Crippen LogP contribution in [0.5, 0.6) is 0 Å². The first-order chi connectivity index (χ1) is 17.7. The number of fused-ring (bicyclic) bond motifs is 1. The Bertz CT molecular complexity index is 1700. The minimum atomic E-state index is -4.87. The summed E-state index contributed by atoms with van der Waals surface area (Å²) >= 11 is 0. The number of carbonyl (C=O) groups is 1. The van der Waals surface area contributed by atoms with E-state index in [2.05, 4.69) is 15.5 Å². The number of carbonyl (C=O) groups excluding carboxylic acids is 1. The second kappa shape index (κ2) is 8.91. The van der Waals surface area contributed by atoms with Crippen molar-refractivity contribution >= 4 is 22.6 Å². The molecule has 5 aromatic rings. The molecule has 7 nitrogen and oxygen atoms in total. The molecule has 0 unspecified atom stereocenters. The fraction of sp³-hybridized carbons (Fsp3) is 0.0769. The summed E-state index contributed by atoms with van der Waals surface area (Å²) in [5.41, 5.74) is -1.04. The average molecular weight is 504 g/mol. The van der Waals surface area contributed by atoms with Gasteiger partial charge < -0.3 is 5.32 Å². The first-order valence-corrected chi connectivity index (χ1v) is 10.9. The van der Waals surface area contributed by atoms with E-state index in [9.17, 15) is 27.6 Å². The molecule has 0 saturated carbocycles. The Morgan fingerprint density at radius 1 is 1.03 bits per heavy atom. The minimum Gasteiger partial charge on any atom is -0.306 e. The molecule has 1 amide bonds. The van der Waals surface area contributed by atoms with Crippen LogP contribution in [0.1, 0.15) is 21.5 Å². The summed E-state index contributed by atoms with van der Waals surface area (Å²) in [6.45, 7) is 0. The van der Waals surface area contributed by atoms with Crippen molar-refractivity contribution in [3.05, 3.63) is 95.4 Å². The van der Waals surface area contributed by atoms with Crippen LogP contribution in [0.25, 0.3) is 27.8 Å². The second-order valence-electron chi connectivity index (χ2n) is 8.14. The summed E-state index contributed by atoms with van der Waals surface area (Å²) < 4.78 is 58.8. The molecule has 0 radical (unpaired) electrons. The summed E-state index contributed by atoms with van der Waals surface area (Å²) in [6, 6.07) is 17.9. The standard InChI is InChI=1S/C26H16F4N6O/c1-35-10-9-22(33-35)18-12-19(21(27)13-20(18)26(28,29)30)25(37)32-24-17-8-7-15(14-31)11-23(17)34-36(24)16-5-3-2-4-6-16/h2-13H,1H3,(H,32,37). The van der Waals surface area contributed by atoms with Crippen LogP contribution in [0.4, 0.5) is 23.4 Å². The zero-order valence-corrected chi connectivity index (χ0v) is 19.1. The predicted octanol–water partition coefficient (Wildman–Crippen LogP) is 5.71. The van der Waals surface area contributed by atoms with Crippen molar-refractivity contribution < 1.29 is 22.4 Å². The molecule has 11 heteroatoms. The molecule has 5 rings (SSSR count). The van der Waals surface area contributed by atoms with Crippen LogP contribution >= 0.6 is 0 Å². The van der Waals surface area contributed by atoms with E-state index in [0.717, 1.165) is 6.07 Å². The number of hydrogen-bond acceptors (Lipinski definition) is 4. The van der Waals surface area contributed by atoms with Gasteiger partial charge in [0.2, 0.25) is 0 Å². The Hall–Kier alpha value is -4.98. The average Bonchev–Trinajstić information content (AvgIpc) is 3.47. The quantitative estimate of drug-likeness (QED) is 0.318. The lowest BCUT2D eigenvalue weighted by atomic mass is 9.99. The number of alkyl halides is 3. The molecule has 2 aromatic heterocycles. The Morgan fingerprint density at radius 3 is 2.43 bits per heavy atom. The largest absolute Gasteiger partial charge is 0.417 e. The van der Waals surface area contributed by atoms with Gasteiger partial charge in [-0.1, -0.05) is 18.2 Å². The smallest absolute Gasteiger partial charge is 0.306 e. The molecule has 0 fully saturated rings. The Labute approximate surface area is 207 Å². The van der Waals surface area contributed by atoms with Gasteiger partial charge in [0.05, 0.1) is 39.7 Å². The van der Waals surface area contributed by atoms with Crippen LogP contribution in [0.3, 0.4) is 0 Å². The summed E-state index contributed by atoms with van der Waals surface area (Å²) in [7, 11) is 1.53. The van der Waals surface area contributed by atoms with Gasteiger partial charge in [-0.05, 0) is 48.5 Å². The topological polar surface area (TPSA) is 88.5 Å². The third-order valence-electron chi connectivity index (χ3n) is 5.68. The lowest BCUT2D eigenvalue weighted by Crippen LogP contribution is -2.18. The van der Waals surface area contributed by atoms with Crippen molar-refractivity contribution in [2.24, 2.45) is 7.05 Å². The van der Waals surface area contributed by atoms with E-state index in [0.29, 0.717) is 28.2 Å². The minimum absolute atomic E-state index is 0.0623. The van der Waals surface area contributed by atoms with E-state index >= 15 is 0 Å². The van der Waals surface area contributed by atoms with E-state index < -0.39 is 34.6 Å². The third-order valence-corrected chi connectivity index (χ3v) is 5.68. The van der Waals surface area contributed by atoms with Gasteiger partial charge in [0.1, 0.15) is 11.6 Å². The first kappa shape index (κ1) is 23.7. The number of amides is 1. The van der Waals surface area contributed by atoms with Crippen LogP contribution in [0, 0.1) is 17.1 Å². The SMILES string of the molecule is Cn1ccc(-c2cc(C(=O)Nc3c4ccc(C#N)cc4nn3-c3ccccc3)c(F)cc2C(F)(F)F)n1. The maximum Gasteiger partial charge on any atom is 0.417 e. The highest BCUT2D eigenvalue weighted by Crippen LogP contribution is 2.38. The van der Waals surface area contributed by atoms with E-state index in [-0.39, 0.29) is 11.5 Å². The number of halogens is 4. The highest BCUT2D eigenvalue weighted by atomic mass is 19.4. The van der Waals surface area contributed by atoms with Crippen molar-refractivity contribution in [3.63, 3.8) is 0 Å².